The van der Waals surface area contributed by atoms with Crippen molar-refractivity contribution in [2.45, 2.75) is 38.6 Å². The molecule has 0 saturated carbocycles. The minimum atomic E-state index is -0.226. The molecule has 24 heavy (non-hydrogen) atoms. The Morgan fingerprint density at radius 2 is 2.08 bits per heavy atom. The van der Waals surface area contributed by atoms with Gasteiger partial charge in [0.05, 0.1) is 12.2 Å². The van der Waals surface area contributed by atoms with Crippen LogP contribution in [0.3, 0.4) is 0 Å². The summed E-state index contributed by atoms with van der Waals surface area (Å²) in [7, 11) is 2.17. The van der Waals surface area contributed by atoms with Crippen molar-refractivity contribution in [2.75, 3.05) is 46.4 Å². The van der Waals surface area contributed by atoms with Crippen molar-refractivity contribution in [2.24, 2.45) is 0 Å². The number of amides is 1. The van der Waals surface area contributed by atoms with Gasteiger partial charge in [-0.3, -0.25) is 9.69 Å². The van der Waals surface area contributed by atoms with Crippen molar-refractivity contribution in [3.05, 3.63) is 17.7 Å². The van der Waals surface area contributed by atoms with Gasteiger partial charge in [-0.15, -0.1) is 0 Å². The lowest BCUT2D eigenvalue weighted by Gasteiger charge is -2.31. The molecule has 0 aromatic carbocycles. The summed E-state index contributed by atoms with van der Waals surface area (Å²) in [5.41, 5.74) is 1.13. The number of hydrogen-bond acceptors (Lipinski definition) is 5. The molecule has 1 atom stereocenters. The van der Waals surface area contributed by atoms with E-state index < -0.39 is 0 Å². The third kappa shape index (κ3) is 3.34. The predicted octanol–water partition coefficient (Wildman–Crippen LogP) is 0.152. The number of ether oxygens (including phenoxy) is 1. The predicted molar refractivity (Wildman–Crippen MR) is 89.4 cm³/mol. The number of hydrogen-bond donors (Lipinski definition) is 0. The Morgan fingerprint density at radius 3 is 2.83 bits per heavy atom. The Kier molecular flexibility index (Phi) is 4.56. The van der Waals surface area contributed by atoms with Crippen LogP contribution >= 0.6 is 0 Å². The third-order valence-electron chi connectivity index (χ3n) is 5.35. The average Bonchev–Trinajstić information content (AvgIpc) is 3.24. The highest BCUT2D eigenvalue weighted by molar-refractivity contribution is 5.81. The molecular weight excluding hydrogens is 306 g/mol. The van der Waals surface area contributed by atoms with Crippen LogP contribution in [0.1, 0.15) is 24.4 Å². The third-order valence-corrected chi connectivity index (χ3v) is 5.35. The molecule has 0 N–H and O–H groups in total. The minimum absolute atomic E-state index is 0.141. The van der Waals surface area contributed by atoms with Crippen LogP contribution in [0.4, 0.5) is 0 Å². The molecule has 7 nitrogen and oxygen atoms in total. The topological polar surface area (TPSA) is 53.8 Å². The zero-order valence-electron chi connectivity index (χ0n) is 14.5. The fraction of sp³-hybridized carbons (Fsp3) is 0.765. The first kappa shape index (κ1) is 16.1. The van der Waals surface area contributed by atoms with E-state index in [1.54, 1.807) is 0 Å². The number of likely N-dealkylation sites (N-methyl/N-ethyl adjacent to an activating group) is 1. The molecular formula is C17H27N5O2. The number of carbonyl (C=O) groups is 1. The maximum atomic E-state index is 12.5. The van der Waals surface area contributed by atoms with E-state index in [1.807, 2.05) is 4.90 Å². The monoisotopic (exact) mass is 333 g/mol. The number of imidazole rings is 1. The van der Waals surface area contributed by atoms with Gasteiger partial charge in [0.2, 0.25) is 0 Å². The van der Waals surface area contributed by atoms with Crippen molar-refractivity contribution in [1.82, 2.24) is 24.3 Å². The van der Waals surface area contributed by atoms with Crippen LogP contribution in [-0.4, -0.2) is 82.6 Å². The van der Waals surface area contributed by atoms with E-state index in [4.69, 9.17) is 9.72 Å². The summed E-state index contributed by atoms with van der Waals surface area (Å²) in [5.74, 6) is 1.15. The molecule has 4 rings (SSSR count). The van der Waals surface area contributed by atoms with E-state index in [2.05, 4.69) is 27.6 Å². The van der Waals surface area contributed by atoms with Gasteiger partial charge in [-0.2, -0.15) is 0 Å². The van der Waals surface area contributed by atoms with E-state index in [9.17, 15) is 4.79 Å². The van der Waals surface area contributed by atoms with Gasteiger partial charge < -0.3 is 19.1 Å². The number of carbonyl (C=O) groups excluding carboxylic acids is 1. The van der Waals surface area contributed by atoms with Crippen molar-refractivity contribution in [1.29, 1.82) is 0 Å². The summed E-state index contributed by atoms with van der Waals surface area (Å²) in [6.45, 7) is 8.28. The molecule has 3 aliphatic heterocycles. The second-order valence-electron chi connectivity index (χ2n) is 7.18. The molecule has 3 aliphatic rings. The summed E-state index contributed by atoms with van der Waals surface area (Å²) < 4.78 is 7.75. The molecule has 1 aromatic rings. The van der Waals surface area contributed by atoms with Gasteiger partial charge in [-0.05, 0) is 19.9 Å². The summed E-state index contributed by atoms with van der Waals surface area (Å²) in [5, 5.41) is 0. The SMILES string of the molecule is CN1CCN(Cc2cn3c(n2)CN(C(=O)C2CCCO2)CC3)CC1. The Bertz CT molecular complexity index is 588. The van der Waals surface area contributed by atoms with E-state index in [1.165, 1.54) is 0 Å². The molecule has 0 spiro atoms. The van der Waals surface area contributed by atoms with Gasteiger partial charge in [0.1, 0.15) is 11.9 Å². The molecule has 7 heteroatoms. The first-order chi connectivity index (χ1) is 11.7. The zero-order valence-corrected chi connectivity index (χ0v) is 14.5. The van der Waals surface area contributed by atoms with Crippen LogP contribution in [0.2, 0.25) is 0 Å². The molecule has 4 heterocycles. The van der Waals surface area contributed by atoms with Crippen molar-refractivity contribution in [3.63, 3.8) is 0 Å². The van der Waals surface area contributed by atoms with Gasteiger partial charge >= 0.3 is 0 Å². The summed E-state index contributed by atoms with van der Waals surface area (Å²) in [6.07, 6.45) is 3.80. The molecule has 132 valence electrons. The van der Waals surface area contributed by atoms with Crippen LogP contribution < -0.4 is 0 Å². The molecule has 1 aromatic heterocycles. The number of rotatable bonds is 3. The van der Waals surface area contributed by atoms with Gasteiger partial charge in [0.25, 0.3) is 5.91 Å². The first-order valence-electron chi connectivity index (χ1n) is 9.05. The number of nitrogens with zero attached hydrogens (tertiary/aromatic N) is 5. The highest BCUT2D eigenvalue weighted by atomic mass is 16.5. The van der Waals surface area contributed by atoms with E-state index in [0.717, 1.165) is 70.2 Å². The lowest BCUT2D eigenvalue weighted by Crippen LogP contribution is -2.43. The van der Waals surface area contributed by atoms with Gasteiger partial charge in [0.15, 0.2) is 0 Å². The van der Waals surface area contributed by atoms with E-state index >= 15 is 0 Å². The zero-order chi connectivity index (χ0) is 16.5. The molecule has 0 radical (unpaired) electrons. The highest BCUT2D eigenvalue weighted by Gasteiger charge is 2.31. The first-order valence-corrected chi connectivity index (χ1v) is 9.05. The fourth-order valence-corrected chi connectivity index (χ4v) is 3.79. The molecule has 0 aliphatic carbocycles. The van der Waals surface area contributed by atoms with Crippen molar-refractivity contribution < 1.29 is 9.53 Å². The molecule has 2 saturated heterocycles. The summed E-state index contributed by atoms with van der Waals surface area (Å²) in [6, 6.07) is 0. The lowest BCUT2D eigenvalue weighted by atomic mass is 10.2. The van der Waals surface area contributed by atoms with Crippen molar-refractivity contribution in [3.8, 4) is 0 Å². The largest absolute Gasteiger partial charge is 0.368 e. The van der Waals surface area contributed by atoms with E-state index in [0.29, 0.717) is 13.2 Å². The second-order valence-corrected chi connectivity index (χ2v) is 7.18. The highest BCUT2D eigenvalue weighted by Crippen LogP contribution is 2.19. The van der Waals surface area contributed by atoms with Crippen LogP contribution in [0, 0.1) is 0 Å². The standard InChI is InChI=1S/C17H27N5O2/c1-19-4-6-20(7-5-19)11-14-12-21-8-9-22(13-16(21)18-14)17(23)15-3-2-10-24-15/h12,15H,2-11,13H2,1H3. The van der Waals surface area contributed by atoms with E-state index in [-0.39, 0.29) is 12.0 Å². The Morgan fingerprint density at radius 1 is 1.25 bits per heavy atom. The van der Waals surface area contributed by atoms with Crippen molar-refractivity contribution >= 4 is 5.91 Å². The molecule has 1 amide bonds. The van der Waals surface area contributed by atoms with Crippen LogP contribution in [0.5, 0.6) is 0 Å². The number of aromatic nitrogens is 2. The second kappa shape index (κ2) is 6.82. The van der Waals surface area contributed by atoms with Crippen LogP contribution in [0.15, 0.2) is 6.20 Å². The Balaban J connectivity index is 1.37. The maximum absolute atomic E-state index is 12.5. The molecule has 1 unspecified atom stereocenters. The summed E-state index contributed by atoms with van der Waals surface area (Å²) in [4.78, 5) is 24.1. The van der Waals surface area contributed by atoms with Crippen LogP contribution in [-0.2, 0) is 29.2 Å². The van der Waals surface area contributed by atoms with Crippen LogP contribution in [0.25, 0.3) is 0 Å². The van der Waals surface area contributed by atoms with Gasteiger partial charge in [-0.25, -0.2) is 4.98 Å². The molecule has 2 fully saturated rings. The average molecular weight is 333 g/mol. The van der Waals surface area contributed by atoms with Gasteiger partial charge in [-0.1, -0.05) is 0 Å². The fourth-order valence-electron chi connectivity index (χ4n) is 3.79. The smallest absolute Gasteiger partial charge is 0.252 e. The normalized spacial score (nSPS) is 25.9. The molecule has 0 bridgehead atoms. The lowest BCUT2D eigenvalue weighted by molar-refractivity contribution is -0.142. The number of piperazine rings is 1. The Labute approximate surface area is 143 Å². The summed E-state index contributed by atoms with van der Waals surface area (Å²) >= 11 is 0. The number of fused-ring (bicyclic) bond motifs is 1. The quantitative estimate of drug-likeness (QED) is 0.788. The Hall–Kier alpha value is -1.44. The minimum Gasteiger partial charge on any atom is -0.368 e. The van der Waals surface area contributed by atoms with Gasteiger partial charge in [0, 0.05) is 58.6 Å². The maximum Gasteiger partial charge on any atom is 0.252 e.